The number of hydrogen-bond donors (Lipinski definition) is 0. The van der Waals surface area contributed by atoms with Crippen LogP contribution < -0.4 is 20.9 Å². The van der Waals surface area contributed by atoms with Gasteiger partial charge in [-0.2, -0.15) is 0 Å². The summed E-state index contributed by atoms with van der Waals surface area (Å²) in [6, 6.07) is 12.3. The zero-order chi connectivity index (χ0) is 26.6. The first-order valence-electron chi connectivity index (χ1n) is 13.1. The number of carbonyl (C=O) groups is 1. The van der Waals surface area contributed by atoms with Crippen LogP contribution in [0.15, 0.2) is 52.1 Å². The van der Waals surface area contributed by atoms with E-state index in [0.29, 0.717) is 31.4 Å². The Morgan fingerprint density at radius 1 is 0.974 bits per heavy atom. The molecule has 2 aliphatic heterocycles. The fourth-order valence-electron chi connectivity index (χ4n) is 5.48. The Morgan fingerprint density at radius 2 is 1.71 bits per heavy atom. The molecule has 2 fully saturated rings. The molecule has 38 heavy (non-hydrogen) atoms. The average Bonchev–Trinajstić information content (AvgIpc) is 3.50. The molecule has 0 radical (unpaired) electrons. The highest BCUT2D eigenvalue weighted by molar-refractivity contribution is 5.80. The van der Waals surface area contributed by atoms with Crippen molar-refractivity contribution in [1.29, 1.82) is 0 Å². The third-order valence-electron chi connectivity index (χ3n) is 7.52. The van der Waals surface area contributed by atoms with Gasteiger partial charge >= 0.3 is 5.69 Å². The highest BCUT2D eigenvalue weighted by Gasteiger charge is 2.25. The molecule has 202 valence electrons. The van der Waals surface area contributed by atoms with Gasteiger partial charge in [0.25, 0.3) is 5.56 Å². The monoisotopic (exact) mass is 526 g/mol. The Kier molecular flexibility index (Phi) is 7.76. The number of alkyl halides is 2. The smallest absolute Gasteiger partial charge is 0.332 e. The summed E-state index contributed by atoms with van der Waals surface area (Å²) in [5, 5.41) is 0.243. The highest BCUT2D eigenvalue weighted by Crippen LogP contribution is 2.27. The van der Waals surface area contributed by atoms with Crippen LogP contribution in [0, 0.1) is 0 Å². The largest absolute Gasteiger partial charge is 0.485 e. The number of ether oxygens (including phenoxy) is 1. The maximum absolute atomic E-state index is 13.9. The minimum atomic E-state index is -1.26. The Balaban J connectivity index is 1.59. The molecule has 1 amide bonds. The molecular weight excluding hydrogens is 494 g/mol. The molecule has 10 heteroatoms. The van der Waals surface area contributed by atoms with E-state index in [1.54, 1.807) is 15.5 Å². The van der Waals surface area contributed by atoms with Gasteiger partial charge in [-0.05, 0) is 61.6 Å². The number of anilines is 1. The van der Waals surface area contributed by atoms with E-state index in [1.807, 2.05) is 24.3 Å². The average molecular weight is 527 g/mol. The summed E-state index contributed by atoms with van der Waals surface area (Å²) < 4.78 is 34.5. The third-order valence-corrected chi connectivity index (χ3v) is 7.52. The second-order valence-electron chi connectivity index (χ2n) is 10.0. The van der Waals surface area contributed by atoms with E-state index in [9.17, 15) is 23.2 Å². The molecule has 0 spiro atoms. The van der Waals surface area contributed by atoms with Gasteiger partial charge in [-0.1, -0.05) is 12.1 Å². The van der Waals surface area contributed by atoms with Gasteiger partial charge < -0.3 is 14.5 Å². The van der Waals surface area contributed by atoms with Crippen molar-refractivity contribution < 1.29 is 18.3 Å². The fraction of sp³-hybridized carbons (Fsp3) is 0.464. The number of amides is 1. The van der Waals surface area contributed by atoms with Crippen LogP contribution in [0.3, 0.4) is 0 Å². The standard InChI is InChI=1S/C28H32F2N4O4/c29-16-24(17-30)38-23-6-7-26-25(15-23)27(36)33(28(37)34(26)21-8-12-31(19-35)13-9-21)18-20-4-3-5-22(14-20)32-10-1-2-11-32/h3-7,14-15,19,21,24H,1-2,8-13,16-18H2. The molecule has 2 aromatic carbocycles. The quantitative estimate of drug-likeness (QED) is 0.400. The molecule has 2 saturated heterocycles. The molecule has 0 N–H and O–H groups in total. The number of piperidine rings is 1. The van der Waals surface area contributed by atoms with Crippen LogP contribution in [0.4, 0.5) is 14.5 Å². The third kappa shape index (κ3) is 5.16. The van der Waals surface area contributed by atoms with Crippen molar-refractivity contribution in [2.45, 2.75) is 44.4 Å². The molecular formula is C28H32F2N4O4. The number of aromatic nitrogens is 2. The van der Waals surface area contributed by atoms with Crippen molar-refractivity contribution in [3.8, 4) is 5.75 Å². The van der Waals surface area contributed by atoms with Crippen LogP contribution in [0.1, 0.15) is 37.3 Å². The number of nitrogens with zero attached hydrogens (tertiary/aromatic N) is 4. The first-order valence-corrected chi connectivity index (χ1v) is 13.1. The van der Waals surface area contributed by atoms with E-state index in [2.05, 4.69) is 4.90 Å². The summed E-state index contributed by atoms with van der Waals surface area (Å²) >= 11 is 0. The molecule has 5 rings (SSSR count). The van der Waals surface area contributed by atoms with E-state index in [1.165, 1.54) is 16.7 Å². The van der Waals surface area contributed by atoms with Gasteiger partial charge in [0.05, 0.1) is 17.4 Å². The normalized spacial score (nSPS) is 16.5. The number of hydrogen-bond acceptors (Lipinski definition) is 5. The molecule has 0 unspecified atom stereocenters. The van der Waals surface area contributed by atoms with E-state index in [4.69, 9.17) is 4.74 Å². The zero-order valence-electron chi connectivity index (χ0n) is 21.2. The van der Waals surface area contributed by atoms with Crippen LogP contribution in [0.25, 0.3) is 10.9 Å². The summed E-state index contributed by atoms with van der Waals surface area (Å²) in [5.41, 5.74) is 1.43. The minimum absolute atomic E-state index is 0.0884. The molecule has 0 saturated carbocycles. The summed E-state index contributed by atoms with van der Waals surface area (Å²) in [6.45, 7) is 1.07. The number of carbonyl (C=O) groups excluding carboxylic acids is 1. The van der Waals surface area contributed by atoms with E-state index < -0.39 is 30.7 Å². The Hall–Kier alpha value is -3.69. The van der Waals surface area contributed by atoms with Gasteiger partial charge in [-0.3, -0.25) is 18.7 Å². The van der Waals surface area contributed by atoms with Gasteiger partial charge in [-0.15, -0.1) is 0 Å². The second-order valence-corrected chi connectivity index (χ2v) is 10.0. The van der Waals surface area contributed by atoms with Gasteiger partial charge in [-0.25, -0.2) is 13.6 Å². The SMILES string of the molecule is O=CN1CCC(n2c(=O)n(Cc3cccc(N4CCCC4)c3)c(=O)c3cc(OC(CF)CF)ccc32)CC1. The first-order chi connectivity index (χ1) is 18.5. The number of likely N-dealkylation sites (tertiary alicyclic amines) is 1. The fourth-order valence-corrected chi connectivity index (χ4v) is 5.48. The van der Waals surface area contributed by atoms with Crippen molar-refractivity contribution in [3.05, 3.63) is 68.9 Å². The van der Waals surface area contributed by atoms with Crippen LogP contribution >= 0.6 is 0 Å². The summed E-state index contributed by atoms with van der Waals surface area (Å²) in [6.07, 6.45) is 2.96. The lowest BCUT2D eigenvalue weighted by Crippen LogP contribution is -2.44. The molecule has 3 heterocycles. The second kappa shape index (κ2) is 11.4. The van der Waals surface area contributed by atoms with Crippen molar-refractivity contribution in [2.24, 2.45) is 0 Å². The Labute approximate surface area is 219 Å². The Bertz CT molecular complexity index is 1400. The highest BCUT2D eigenvalue weighted by atomic mass is 19.1. The lowest BCUT2D eigenvalue weighted by molar-refractivity contribution is -0.119. The van der Waals surface area contributed by atoms with Gasteiger partial charge in [0.1, 0.15) is 19.1 Å². The van der Waals surface area contributed by atoms with E-state index in [-0.39, 0.29) is 23.7 Å². The van der Waals surface area contributed by atoms with Crippen LogP contribution in [0.2, 0.25) is 0 Å². The van der Waals surface area contributed by atoms with Crippen LogP contribution in [-0.4, -0.2) is 66.1 Å². The number of fused-ring (bicyclic) bond motifs is 1. The molecule has 2 aliphatic rings. The summed E-state index contributed by atoms with van der Waals surface area (Å²) in [5.74, 6) is 0.165. The van der Waals surface area contributed by atoms with Crippen molar-refractivity contribution in [1.82, 2.24) is 14.0 Å². The maximum Gasteiger partial charge on any atom is 0.332 e. The first kappa shape index (κ1) is 25.9. The number of rotatable bonds is 9. The molecule has 0 bridgehead atoms. The van der Waals surface area contributed by atoms with E-state index >= 15 is 0 Å². The van der Waals surface area contributed by atoms with Crippen LogP contribution in [-0.2, 0) is 11.3 Å². The summed E-state index contributed by atoms with van der Waals surface area (Å²) in [4.78, 5) is 42.7. The van der Waals surface area contributed by atoms with Crippen LogP contribution in [0.5, 0.6) is 5.75 Å². The minimum Gasteiger partial charge on any atom is -0.485 e. The lowest BCUT2D eigenvalue weighted by Gasteiger charge is -2.31. The topological polar surface area (TPSA) is 76.8 Å². The molecule has 8 nitrogen and oxygen atoms in total. The van der Waals surface area contributed by atoms with Crippen molar-refractivity contribution in [3.63, 3.8) is 0 Å². The van der Waals surface area contributed by atoms with Crippen molar-refractivity contribution in [2.75, 3.05) is 44.4 Å². The van der Waals surface area contributed by atoms with Crippen molar-refractivity contribution >= 4 is 23.0 Å². The van der Waals surface area contributed by atoms with Gasteiger partial charge in [0.15, 0.2) is 6.10 Å². The lowest BCUT2D eigenvalue weighted by atomic mass is 10.0. The molecule has 0 atom stereocenters. The maximum atomic E-state index is 13.9. The predicted octanol–water partition coefficient (Wildman–Crippen LogP) is 3.29. The predicted molar refractivity (Wildman–Crippen MR) is 142 cm³/mol. The molecule has 0 aliphatic carbocycles. The zero-order valence-corrected chi connectivity index (χ0v) is 21.2. The number of halogens is 2. The van der Waals surface area contributed by atoms with Gasteiger partial charge in [0, 0.05) is 37.9 Å². The molecule has 1 aromatic heterocycles. The van der Waals surface area contributed by atoms with E-state index in [0.717, 1.165) is 43.6 Å². The molecule has 3 aromatic rings. The summed E-state index contributed by atoms with van der Waals surface area (Å²) in [7, 11) is 0. The number of benzene rings is 2. The van der Waals surface area contributed by atoms with Gasteiger partial charge in [0.2, 0.25) is 6.41 Å². The Morgan fingerprint density at radius 3 is 2.39 bits per heavy atom.